The van der Waals surface area contributed by atoms with Crippen LogP contribution in [0.1, 0.15) is 11.1 Å². The highest BCUT2D eigenvalue weighted by Crippen LogP contribution is 2.28. The molecule has 0 aliphatic heterocycles. The van der Waals surface area contributed by atoms with Crippen molar-refractivity contribution in [1.82, 2.24) is 0 Å². The second-order valence-corrected chi connectivity index (χ2v) is 6.28. The Balaban J connectivity index is 1.83. The number of benzene rings is 2. The molecule has 2 nitrogen and oxygen atoms in total. The molecule has 3 rings (SSSR count). The summed E-state index contributed by atoms with van der Waals surface area (Å²) in [6.07, 6.45) is 0. The van der Waals surface area contributed by atoms with E-state index in [1.54, 1.807) is 11.3 Å². The van der Waals surface area contributed by atoms with E-state index in [4.69, 9.17) is 4.74 Å². The lowest BCUT2D eigenvalue weighted by molar-refractivity contribution is 0.259. The molecule has 0 saturated heterocycles. The maximum Gasteiger partial charge on any atom is 0.125 e. The minimum atomic E-state index is -0.0286. The zero-order valence-electron chi connectivity index (χ0n) is 10.7. The average Bonchev–Trinajstić information content (AvgIpc) is 2.89. The SMILES string of the molecule is OCc1cc(Br)ccc1OCc1csc2ccccc12. The van der Waals surface area contributed by atoms with Gasteiger partial charge in [0.05, 0.1) is 6.61 Å². The first-order chi connectivity index (χ1) is 9.78. The van der Waals surface area contributed by atoms with E-state index < -0.39 is 0 Å². The molecule has 1 aromatic heterocycles. The summed E-state index contributed by atoms with van der Waals surface area (Å²) < 4.78 is 8.07. The van der Waals surface area contributed by atoms with E-state index in [0.29, 0.717) is 6.61 Å². The predicted octanol–water partition coefficient (Wildman–Crippen LogP) is 4.74. The van der Waals surface area contributed by atoms with E-state index in [-0.39, 0.29) is 6.61 Å². The molecule has 1 N–H and O–H groups in total. The zero-order valence-corrected chi connectivity index (χ0v) is 13.1. The first-order valence-electron chi connectivity index (χ1n) is 6.25. The van der Waals surface area contributed by atoms with Gasteiger partial charge in [-0.1, -0.05) is 34.1 Å². The van der Waals surface area contributed by atoms with E-state index in [1.165, 1.54) is 15.6 Å². The third-order valence-corrected chi connectivity index (χ3v) is 4.64. The summed E-state index contributed by atoms with van der Waals surface area (Å²) in [6, 6.07) is 14.0. The van der Waals surface area contributed by atoms with E-state index in [2.05, 4.69) is 33.4 Å². The van der Waals surface area contributed by atoms with Gasteiger partial charge in [0, 0.05) is 20.3 Å². The van der Waals surface area contributed by atoms with Crippen molar-refractivity contribution in [3.8, 4) is 5.75 Å². The Kier molecular flexibility index (Phi) is 4.05. The summed E-state index contributed by atoms with van der Waals surface area (Å²) in [6.45, 7) is 0.484. The Morgan fingerprint density at radius 1 is 1.10 bits per heavy atom. The number of hydrogen-bond acceptors (Lipinski definition) is 3. The Morgan fingerprint density at radius 2 is 1.95 bits per heavy atom. The van der Waals surface area contributed by atoms with Crippen LogP contribution >= 0.6 is 27.3 Å². The number of thiophene rings is 1. The molecule has 0 saturated carbocycles. The normalized spacial score (nSPS) is 10.9. The summed E-state index contributed by atoms with van der Waals surface area (Å²) in [5.74, 6) is 0.728. The number of aliphatic hydroxyl groups excluding tert-OH is 1. The Hall–Kier alpha value is -1.36. The molecule has 0 radical (unpaired) electrons. The lowest BCUT2D eigenvalue weighted by Gasteiger charge is -2.10. The van der Waals surface area contributed by atoms with Crippen LogP contribution in [0.25, 0.3) is 10.1 Å². The van der Waals surface area contributed by atoms with Crippen molar-refractivity contribution in [2.75, 3.05) is 0 Å². The summed E-state index contributed by atoms with van der Waals surface area (Å²) >= 11 is 5.12. The lowest BCUT2D eigenvalue weighted by Crippen LogP contribution is -1.98. The van der Waals surface area contributed by atoms with Crippen molar-refractivity contribution in [3.05, 3.63) is 63.4 Å². The van der Waals surface area contributed by atoms with Gasteiger partial charge >= 0.3 is 0 Å². The van der Waals surface area contributed by atoms with Gasteiger partial charge in [-0.25, -0.2) is 0 Å². The molecule has 0 unspecified atom stereocenters. The van der Waals surface area contributed by atoms with Crippen molar-refractivity contribution >= 4 is 37.4 Å². The van der Waals surface area contributed by atoms with Gasteiger partial charge in [0.1, 0.15) is 12.4 Å². The topological polar surface area (TPSA) is 29.5 Å². The van der Waals surface area contributed by atoms with Crippen LogP contribution in [-0.2, 0) is 13.2 Å². The summed E-state index contributed by atoms with van der Waals surface area (Å²) in [7, 11) is 0. The van der Waals surface area contributed by atoms with Gasteiger partial charge in [0.25, 0.3) is 0 Å². The van der Waals surface area contributed by atoms with Crippen LogP contribution < -0.4 is 4.74 Å². The molecule has 0 atom stereocenters. The first kappa shape index (κ1) is 13.6. The predicted molar refractivity (Wildman–Crippen MR) is 86.2 cm³/mol. The molecule has 2 aromatic carbocycles. The lowest BCUT2D eigenvalue weighted by atomic mass is 10.2. The zero-order chi connectivity index (χ0) is 13.9. The van der Waals surface area contributed by atoms with Gasteiger partial charge in [-0.05, 0) is 35.0 Å². The molecule has 0 aliphatic rings. The van der Waals surface area contributed by atoms with E-state index in [0.717, 1.165) is 15.8 Å². The third-order valence-electron chi connectivity index (χ3n) is 3.14. The quantitative estimate of drug-likeness (QED) is 0.738. The largest absolute Gasteiger partial charge is 0.488 e. The number of ether oxygens (including phenoxy) is 1. The number of halogens is 1. The van der Waals surface area contributed by atoms with Crippen LogP contribution in [0, 0.1) is 0 Å². The maximum absolute atomic E-state index is 9.37. The number of rotatable bonds is 4. The molecule has 4 heteroatoms. The summed E-state index contributed by atoms with van der Waals surface area (Å²) in [4.78, 5) is 0. The monoisotopic (exact) mass is 348 g/mol. The van der Waals surface area contributed by atoms with Gasteiger partial charge in [-0.2, -0.15) is 0 Å². The first-order valence-corrected chi connectivity index (χ1v) is 7.92. The van der Waals surface area contributed by atoms with E-state index >= 15 is 0 Å². The Labute approximate surface area is 129 Å². The van der Waals surface area contributed by atoms with Gasteiger partial charge in [-0.15, -0.1) is 11.3 Å². The second kappa shape index (κ2) is 5.95. The fourth-order valence-corrected chi connectivity index (χ4v) is 3.47. The van der Waals surface area contributed by atoms with Crippen molar-refractivity contribution in [1.29, 1.82) is 0 Å². The highest BCUT2D eigenvalue weighted by atomic mass is 79.9. The van der Waals surface area contributed by atoms with Crippen LogP contribution in [0.15, 0.2) is 52.3 Å². The smallest absolute Gasteiger partial charge is 0.125 e. The number of fused-ring (bicyclic) bond motifs is 1. The standard InChI is InChI=1S/C16H13BrO2S/c17-13-5-6-15(11(7-13)8-18)19-9-12-10-20-16-4-2-1-3-14(12)16/h1-7,10,18H,8-9H2. The Bertz CT molecular complexity index is 736. The molecule has 20 heavy (non-hydrogen) atoms. The minimum absolute atomic E-state index is 0.0286. The maximum atomic E-state index is 9.37. The van der Waals surface area contributed by atoms with Gasteiger partial charge in [0.2, 0.25) is 0 Å². The summed E-state index contributed by atoms with van der Waals surface area (Å²) in [5, 5.41) is 12.7. The Morgan fingerprint density at radius 3 is 2.80 bits per heavy atom. The molecule has 0 spiro atoms. The van der Waals surface area contributed by atoms with Crippen molar-refractivity contribution in [2.45, 2.75) is 13.2 Å². The van der Waals surface area contributed by atoms with E-state index in [1.807, 2.05) is 30.3 Å². The summed E-state index contributed by atoms with van der Waals surface area (Å²) in [5.41, 5.74) is 1.97. The van der Waals surface area contributed by atoms with Crippen LogP contribution in [0.5, 0.6) is 5.75 Å². The molecule has 3 aromatic rings. The van der Waals surface area contributed by atoms with Crippen LogP contribution in [0.3, 0.4) is 0 Å². The molecule has 102 valence electrons. The molecule has 1 heterocycles. The second-order valence-electron chi connectivity index (χ2n) is 4.46. The van der Waals surface area contributed by atoms with Crippen LogP contribution in [0.2, 0.25) is 0 Å². The molecule has 0 bridgehead atoms. The number of hydrogen-bond donors (Lipinski definition) is 1. The van der Waals surface area contributed by atoms with Gasteiger partial charge < -0.3 is 9.84 Å². The van der Waals surface area contributed by atoms with E-state index in [9.17, 15) is 5.11 Å². The van der Waals surface area contributed by atoms with Crippen molar-refractivity contribution in [2.24, 2.45) is 0 Å². The molecule has 0 fully saturated rings. The van der Waals surface area contributed by atoms with Crippen LogP contribution in [0.4, 0.5) is 0 Å². The fraction of sp³-hybridized carbons (Fsp3) is 0.125. The fourth-order valence-electron chi connectivity index (χ4n) is 2.11. The molecular formula is C16H13BrO2S. The molecule has 0 aliphatic carbocycles. The number of aliphatic hydroxyl groups is 1. The highest BCUT2D eigenvalue weighted by molar-refractivity contribution is 9.10. The van der Waals surface area contributed by atoms with Gasteiger partial charge in [0.15, 0.2) is 0 Å². The van der Waals surface area contributed by atoms with Crippen LogP contribution in [-0.4, -0.2) is 5.11 Å². The minimum Gasteiger partial charge on any atom is -0.488 e. The molecular weight excluding hydrogens is 336 g/mol. The van der Waals surface area contributed by atoms with Crippen molar-refractivity contribution in [3.63, 3.8) is 0 Å². The highest BCUT2D eigenvalue weighted by Gasteiger charge is 2.07. The average molecular weight is 349 g/mol. The van der Waals surface area contributed by atoms with Gasteiger partial charge in [-0.3, -0.25) is 0 Å². The molecule has 0 amide bonds. The third kappa shape index (κ3) is 2.73. The van der Waals surface area contributed by atoms with Crippen molar-refractivity contribution < 1.29 is 9.84 Å².